The lowest BCUT2D eigenvalue weighted by atomic mass is 10.2. The molecule has 0 fully saturated rings. The van der Waals surface area contributed by atoms with E-state index < -0.39 is 0 Å². The Kier molecular flexibility index (Phi) is 7.95. The quantitative estimate of drug-likeness (QED) is 0.312. The standard InChI is InChI=1S/C27H27N3O4S/c1-33-20-9-7-8-19(16-20)29-26(31)18-35-25-17-30(23-12-5-3-10-21(23)25)15-14-28-27(32)22-11-4-6-13-24(22)34-2/h3-13,16-17H,14-15,18H2,1-2H3,(H,28,32)(H,29,31). The van der Waals surface area contributed by atoms with E-state index in [-0.39, 0.29) is 17.6 Å². The van der Waals surface area contributed by atoms with Gasteiger partial charge in [-0.15, -0.1) is 11.8 Å². The minimum atomic E-state index is -0.178. The maximum Gasteiger partial charge on any atom is 0.255 e. The summed E-state index contributed by atoms with van der Waals surface area (Å²) in [5.41, 5.74) is 2.25. The van der Waals surface area contributed by atoms with Crippen molar-refractivity contribution in [2.45, 2.75) is 11.4 Å². The predicted octanol–water partition coefficient (Wildman–Crippen LogP) is 4.82. The molecule has 4 rings (SSSR count). The van der Waals surface area contributed by atoms with Crippen LogP contribution in [-0.4, -0.2) is 42.9 Å². The van der Waals surface area contributed by atoms with Crippen molar-refractivity contribution in [1.82, 2.24) is 9.88 Å². The molecule has 7 nitrogen and oxygen atoms in total. The highest BCUT2D eigenvalue weighted by Gasteiger charge is 2.13. The summed E-state index contributed by atoms with van der Waals surface area (Å²) in [7, 11) is 3.14. The van der Waals surface area contributed by atoms with Crippen LogP contribution in [0.1, 0.15) is 10.4 Å². The SMILES string of the molecule is COc1cccc(NC(=O)CSc2cn(CCNC(=O)c3ccccc3OC)c3ccccc23)c1. The van der Waals surface area contributed by atoms with Crippen LogP contribution in [0, 0.1) is 0 Å². The van der Waals surface area contributed by atoms with Crippen molar-refractivity contribution in [1.29, 1.82) is 0 Å². The van der Waals surface area contributed by atoms with Crippen molar-refractivity contribution in [3.63, 3.8) is 0 Å². The zero-order chi connectivity index (χ0) is 24.6. The molecule has 0 saturated heterocycles. The molecule has 1 heterocycles. The molecule has 4 aromatic rings. The average Bonchev–Trinajstić information content (AvgIpc) is 3.25. The van der Waals surface area contributed by atoms with E-state index in [1.165, 1.54) is 11.8 Å². The van der Waals surface area contributed by atoms with E-state index in [1.54, 1.807) is 32.4 Å². The summed E-state index contributed by atoms with van der Waals surface area (Å²) in [5.74, 6) is 1.24. The number of ether oxygens (including phenoxy) is 2. The number of nitrogens with one attached hydrogen (secondary N) is 2. The summed E-state index contributed by atoms with van der Waals surface area (Å²) < 4.78 is 12.6. The molecular weight excluding hydrogens is 462 g/mol. The highest BCUT2D eigenvalue weighted by Crippen LogP contribution is 2.30. The Labute approximate surface area is 208 Å². The van der Waals surface area contributed by atoms with Gasteiger partial charge in [0, 0.05) is 46.8 Å². The number of carbonyl (C=O) groups excluding carboxylic acids is 2. The second kappa shape index (κ2) is 11.5. The van der Waals surface area contributed by atoms with Gasteiger partial charge in [-0.3, -0.25) is 9.59 Å². The topological polar surface area (TPSA) is 81.6 Å². The minimum Gasteiger partial charge on any atom is -0.497 e. The first-order chi connectivity index (χ1) is 17.1. The Morgan fingerprint density at radius 2 is 1.74 bits per heavy atom. The van der Waals surface area contributed by atoms with E-state index >= 15 is 0 Å². The van der Waals surface area contributed by atoms with E-state index in [4.69, 9.17) is 9.47 Å². The van der Waals surface area contributed by atoms with Gasteiger partial charge < -0.3 is 24.7 Å². The Bertz CT molecular complexity index is 1340. The summed E-state index contributed by atoms with van der Waals surface area (Å²) in [5, 5.41) is 6.94. The number of carbonyl (C=O) groups is 2. The number of methoxy groups -OCH3 is 2. The van der Waals surface area contributed by atoms with Gasteiger partial charge >= 0.3 is 0 Å². The highest BCUT2D eigenvalue weighted by atomic mass is 32.2. The molecule has 8 heteroatoms. The third kappa shape index (κ3) is 5.96. The lowest BCUT2D eigenvalue weighted by Crippen LogP contribution is -2.27. The van der Waals surface area contributed by atoms with Gasteiger partial charge in [0.2, 0.25) is 5.91 Å². The Morgan fingerprint density at radius 1 is 0.943 bits per heavy atom. The number of fused-ring (bicyclic) bond motifs is 1. The minimum absolute atomic E-state index is 0.0934. The van der Waals surface area contributed by atoms with Gasteiger partial charge in [0.1, 0.15) is 11.5 Å². The molecule has 0 radical (unpaired) electrons. The molecule has 0 spiro atoms. The van der Waals surface area contributed by atoms with Crippen molar-refractivity contribution >= 4 is 40.2 Å². The molecule has 0 atom stereocenters. The summed E-state index contributed by atoms with van der Waals surface area (Å²) in [4.78, 5) is 26.1. The Hall–Kier alpha value is -3.91. The maximum atomic E-state index is 12.6. The molecule has 0 aliphatic carbocycles. The third-order valence-corrected chi connectivity index (χ3v) is 6.50. The van der Waals surface area contributed by atoms with Crippen LogP contribution in [0.25, 0.3) is 10.9 Å². The van der Waals surface area contributed by atoms with Crippen LogP contribution in [0.4, 0.5) is 5.69 Å². The monoisotopic (exact) mass is 489 g/mol. The second-order valence-corrected chi connectivity index (χ2v) is 8.75. The van der Waals surface area contributed by atoms with Gasteiger partial charge in [-0.25, -0.2) is 0 Å². The lowest BCUT2D eigenvalue weighted by Gasteiger charge is -2.10. The molecule has 180 valence electrons. The van der Waals surface area contributed by atoms with Crippen LogP contribution in [0.15, 0.2) is 83.9 Å². The molecular formula is C27H27N3O4S. The molecule has 1 aromatic heterocycles. The van der Waals surface area contributed by atoms with Crippen molar-refractivity contribution in [3.05, 3.63) is 84.6 Å². The molecule has 35 heavy (non-hydrogen) atoms. The number of para-hydroxylation sites is 2. The van der Waals surface area contributed by atoms with E-state index in [9.17, 15) is 9.59 Å². The third-order valence-electron chi connectivity index (χ3n) is 5.45. The number of nitrogens with zero attached hydrogens (tertiary/aromatic N) is 1. The highest BCUT2D eigenvalue weighted by molar-refractivity contribution is 8.00. The molecule has 2 N–H and O–H groups in total. The first-order valence-corrected chi connectivity index (χ1v) is 12.1. The molecule has 2 amide bonds. The zero-order valence-electron chi connectivity index (χ0n) is 19.6. The fraction of sp³-hybridized carbons (Fsp3) is 0.185. The normalized spacial score (nSPS) is 10.7. The second-order valence-electron chi connectivity index (χ2n) is 7.73. The smallest absolute Gasteiger partial charge is 0.255 e. The number of anilines is 1. The average molecular weight is 490 g/mol. The molecule has 0 aliphatic rings. The van der Waals surface area contributed by atoms with E-state index in [2.05, 4.69) is 15.2 Å². The van der Waals surface area contributed by atoms with E-state index in [0.29, 0.717) is 35.8 Å². The molecule has 3 aromatic carbocycles. The van der Waals surface area contributed by atoms with Crippen molar-refractivity contribution in [3.8, 4) is 11.5 Å². The van der Waals surface area contributed by atoms with Crippen molar-refractivity contribution in [2.75, 3.05) is 31.8 Å². The van der Waals surface area contributed by atoms with Gasteiger partial charge in [0.25, 0.3) is 5.91 Å². The van der Waals surface area contributed by atoms with Gasteiger partial charge in [-0.1, -0.05) is 36.4 Å². The van der Waals surface area contributed by atoms with Gasteiger partial charge in [-0.2, -0.15) is 0 Å². The summed E-state index contributed by atoms with van der Waals surface area (Å²) >= 11 is 1.48. The Balaban J connectivity index is 1.39. The van der Waals surface area contributed by atoms with Crippen molar-refractivity contribution < 1.29 is 19.1 Å². The summed E-state index contributed by atoms with van der Waals surface area (Å²) in [6.07, 6.45) is 2.03. The predicted molar refractivity (Wildman–Crippen MR) is 140 cm³/mol. The largest absolute Gasteiger partial charge is 0.497 e. The van der Waals surface area contributed by atoms with Crippen LogP contribution < -0.4 is 20.1 Å². The van der Waals surface area contributed by atoms with Crippen LogP contribution >= 0.6 is 11.8 Å². The fourth-order valence-corrected chi connectivity index (χ4v) is 4.66. The fourth-order valence-electron chi connectivity index (χ4n) is 3.77. The number of hydrogen-bond acceptors (Lipinski definition) is 5. The summed E-state index contributed by atoms with van der Waals surface area (Å²) in [6.45, 7) is 1.05. The molecule has 0 bridgehead atoms. The van der Waals surface area contributed by atoms with Gasteiger partial charge in [0.15, 0.2) is 0 Å². The van der Waals surface area contributed by atoms with Crippen LogP contribution in [0.3, 0.4) is 0 Å². The van der Waals surface area contributed by atoms with E-state index in [1.807, 2.05) is 60.8 Å². The number of benzene rings is 3. The van der Waals surface area contributed by atoms with Crippen LogP contribution in [-0.2, 0) is 11.3 Å². The van der Waals surface area contributed by atoms with E-state index in [0.717, 1.165) is 15.8 Å². The van der Waals surface area contributed by atoms with Gasteiger partial charge in [0.05, 0.1) is 25.5 Å². The van der Waals surface area contributed by atoms with Crippen LogP contribution in [0.2, 0.25) is 0 Å². The van der Waals surface area contributed by atoms with Crippen LogP contribution in [0.5, 0.6) is 11.5 Å². The number of amides is 2. The zero-order valence-corrected chi connectivity index (χ0v) is 20.4. The first kappa shape index (κ1) is 24.2. The van der Waals surface area contributed by atoms with Crippen molar-refractivity contribution in [2.24, 2.45) is 0 Å². The molecule has 0 aliphatic heterocycles. The summed E-state index contributed by atoms with van der Waals surface area (Å²) in [6, 6.07) is 22.5. The molecule has 0 unspecified atom stereocenters. The van der Waals surface area contributed by atoms with Gasteiger partial charge in [-0.05, 0) is 30.3 Å². The number of thioether (sulfide) groups is 1. The number of rotatable bonds is 10. The Morgan fingerprint density at radius 3 is 2.57 bits per heavy atom. The lowest BCUT2D eigenvalue weighted by molar-refractivity contribution is -0.113. The molecule has 0 saturated carbocycles. The number of hydrogen-bond donors (Lipinski definition) is 2. The number of aromatic nitrogens is 1. The first-order valence-electron chi connectivity index (χ1n) is 11.1. The maximum absolute atomic E-state index is 12.6.